The van der Waals surface area contributed by atoms with E-state index in [1.807, 2.05) is 39.0 Å². The summed E-state index contributed by atoms with van der Waals surface area (Å²) < 4.78 is 40.2. The molecule has 328 valence electrons. The molecular weight excluding hydrogens is 783 g/mol. The van der Waals surface area contributed by atoms with Crippen LogP contribution in [-0.4, -0.2) is 47.0 Å². The van der Waals surface area contributed by atoms with Gasteiger partial charge in [0.25, 0.3) is 0 Å². The van der Waals surface area contributed by atoms with Crippen molar-refractivity contribution >= 4 is 30.7 Å². The van der Waals surface area contributed by atoms with Crippen molar-refractivity contribution in [3.63, 3.8) is 0 Å². The summed E-state index contributed by atoms with van der Waals surface area (Å²) in [5.41, 5.74) is 7.57. The molecule has 11 heteroatoms. The Morgan fingerprint density at radius 1 is 0.776 bits per heavy atom. The lowest BCUT2D eigenvalue weighted by atomic mass is 9.68. The van der Waals surface area contributed by atoms with Crippen LogP contribution in [-0.2, 0) is 17.6 Å². The number of unbranched alkanes of at least 4 members (excludes halogenated alkanes) is 4. The van der Waals surface area contributed by atoms with Crippen molar-refractivity contribution in [1.82, 2.24) is 0 Å². The second-order valence-electron chi connectivity index (χ2n) is 16.0. The second-order valence-corrected chi connectivity index (χ2v) is 16.8. The Hall–Kier alpha value is -2.75. The highest BCUT2D eigenvalue weighted by atomic mass is 35.5. The molecule has 0 amide bonds. The molecule has 0 fully saturated rings. The predicted molar refractivity (Wildman–Crippen MR) is 240 cm³/mol. The van der Waals surface area contributed by atoms with Crippen LogP contribution in [0.2, 0.25) is 0 Å². The van der Waals surface area contributed by atoms with E-state index in [-0.39, 0.29) is 40.2 Å². The second kappa shape index (κ2) is 27.9. The molecule has 1 heterocycles. The van der Waals surface area contributed by atoms with Crippen molar-refractivity contribution in [1.29, 1.82) is 0 Å². The standard InChI is InChI=1S/2C21H30O2.C4H10O.CH2Cl2.BF3/c1-5-6-7-8-15-12-18(22)20-16-11-14(2)9-10-17(16)21(3,4)23-19(20)13-15;1-5-6-7-8-16-12-19(22)21(20(23)13-16)18-11-15(4)9-10-17(18)14(2)3;1-3-5-4-2;2-1-3;2-1(3)4/h11-13,16-17,22H,5-10H2,1-4H3;11-13,17-18,22-23H,2,5-10H2,1,3-4H3;3-4H2,1-2H3;1H2;/t16-,17-;17-,18+;;;/m10.../s1. The van der Waals surface area contributed by atoms with Gasteiger partial charge in [-0.05, 0) is 141 Å². The third kappa shape index (κ3) is 17.9. The van der Waals surface area contributed by atoms with Crippen LogP contribution in [0.1, 0.15) is 161 Å². The molecule has 58 heavy (non-hydrogen) atoms. The predicted octanol–water partition coefficient (Wildman–Crippen LogP) is 14.9. The van der Waals surface area contributed by atoms with E-state index in [0.29, 0.717) is 17.2 Å². The number of ether oxygens (including phenoxy) is 2. The molecule has 2 aromatic carbocycles. The van der Waals surface area contributed by atoms with Crippen LogP contribution >= 0.6 is 23.2 Å². The van der Waals surface area contributed by atoms with Crippen molar-refractivity contribution in [3.8, 4) is 23.0 Å². The number of aromatic hydroxyl groups is 3. The number of halogens is 5. The molecule has 0 aromatic heterocycles. The maximum absolute atomic E-state index is 10.7. The number of alkyl halides is 2. The van der Waals surface area contributed by atoms with Crippen LogP contribution in [0.3, 0.4) is 0 Å². The van der Waals surface area contributed by atoms with E-state index in [1.165, 1.54) is 48.8 Å². The molecule has 5 nitrogen and oxygen atoms in total. The summed E-state index contributed by atoms with van der Waals surface area (Å²) in [4.78, 5) is 0. The van der Waals surface area contributed by atoms with Crippen LogP contribution in [0.15, 0.2) is 59.7 Å². The molecule has 0 saturated heterocycles. The number of hydrogen-bond donors (Lipinski definition) is 3. The first-order valence-electron chi connectivity index (χ1n) is 21.1. The largest absolute Gasteiger partial charge is 0.762 e. The van der Waals surface area contributed by atoms with E-state index in [1.54, 1.807) is 0 Å². The van der Waals surface area contributed by atoms with Crippen molar-refractivity contribution in [2.24, 2.45) is 11.8 Å². The minimum Gasteiger partial charge on any atom is -0.507 e. The van der Waals surface area contributed by atoms with Gasteiger partial charge in [-0.15, -0.1) is 23.2 Å². The van der Waals surface area contributed by atoms with Gasteiger partial charge in [-0.2, -0.15) is 0 Å². The van der Waals surface area contributed by atoms with Gasteiger partial charge in [0, 0.05) is 42.1 Å². The maximum Gasteiger partial charge on any atom is 0.762 e. The van der Waals surface area contributed by atoms with Gasteiger partial charge in [0.15, 0.2) is 0 Å². The van der Waals surface area contributed by atoms with Gasteiger partial charge in [-0.25, -0.2) is 0 Å². The lowest BCUT2D eigenvalue weighted by Crippen LogP contribution is -2.45. The molecule has 0 saturated carbocycles. The number of fused-ring (bicyclic) bond motifs is 3. The minimum absolute atomic E-state index is 0.0194. The number of rotatable bonds is 12. The van der Waals surface area contributed by atoms with E-state index in [0.717, 1.165) is 80.6 Å². The summed E-state index contributed by atoms with van der Waals surface area (Å²) in [6, 6.07) is 7.79. The van der Waals surface area contributed by atoms with Gasteiger partial charge >= 0.3 is 7.54 Å². The number of allylic oxidation sites excluding steroid dienone is 5. The van der Waals surface area contributed by atoms with Crippen molar-refractivity contribution in [2.45, 2.75) is 157 Å². The first-order chi connectivity index (χ1) is 27.4. The van der Waals surface area contributed by atoms with Crippen LogP contribution in [0.25, 0.3) is 0 Å². The first kappa shape index (κ1) is 53.3. The average Bonchev–Trinajstić information content (AvgIpc) is 3.12. The van der Waals surface area contributed by atoms with Crippen LogP contribution < -0.4 is 4.74 Å². The van der Waals surface area contributed by atoms with Gasteiger partial charge in [0.2, 0.25) is 0 Å². The van der Waals surface area contributed by atoms with Gasteiger partial charge in [-0.3, -0.25) is 12.9 Å². The third-order valence-corrected chi connectivity index (χ3v) is 11.0. The Kier molecular flexibility index (Phi) is 25.6. The van der Waals surface area contributed by atoms with Crippen molar-refractivity contribution in [2.75, 3.05) is 18.6 Å². The molecule has 4 atom stereocenters. The molecule has 0 radical (unpaired) electrons. The fraction of sp³-hybridized carbons (Fsp3) is 0.617. The molecule has 0 bridgehead atoms. The van der Waals surface area contributed by atoms with E-state index >= 15 is 0 Å². The zero-order valence-electron chi connectivity index (χ0n) is 36.7. The summed E-state index contributed by atoms with van der Waals surface area (Å²) >= 11 is 9.53. The van der Waals surface area contributed by atoms with Crippen molar-refractivity contribution in [3.05, 3.63) is 82.0 Å². The Bertz CT molecular complexity index is 1550. The van der Waals surface area contributed by atoms with E-state index in [2.05, 4.69) is 66.3 Å². The molecule has 0 spiro atoms. The van der Waals surface area contributed by atoms with Gasteiger partial charge in [-0.1, -0.05) is 75.0 Å². The van der Waals surface area contributed by atoms with E-state index < -0.39 is 7.54 Å². The smallest absolute Gasteiger partial charge is 0.507 e. The molecular formula is C47H72BCl2F3O5. The Balaban J connectivity index is 0.000000455. The quantitative estimate of drug-likeness (QED) is 0.0858. The molecule has 3 N–H and O–H groups in total. The lowest BCUT2D eigenvalue weighted by molar-refractivity contribution is 0.0107. The highest BCUT2D eigenvalue weighted by molar-refractivity contribution is 6.40. The molecule has 5 rings (SSSR count). The number of phenolic OH excluding ortho intramolecular Hbond substituents is 3. The highest BCUT2D eigenvalue weighted by Crippen LogP contribution is 2.53. The highest BCUT2D eigenvalue weighted by Gasteiger charge is 2.45. The number of phenols is 3. The first-order valence-corrected chi connectivity index (χ1v) is 22.2. The summed E-state index contributed by atoms with van der Waals surface area (Å²) in [5.74, 6) is 2.78. The Morgan fingerprint density at radius 3 is 1.64 bits per heavy atom. The zero-order valence-corrected chi connectivity index (χ0v) is 38.2. The van der Waals surface area contributed by atoms with E-state index in [9.17, 15) is 28.3 Å². The third-order valence-electron chi connectivity index (χ3n) is 11.0. The lowest BCUT2D eigenvalue weighted by Gasteiger charge is -2.46. The fourth-order valence-electron chi connectivity index (χ4n) is 8.16. The van der Waals surface area contributed by atoms with E-state index in [4.69, 9.17) is 32.7 Å². The number of hydrogen-bond acceptors (Lipinski definition) is 5. The molecule has 3 aliphatic rings. The van der Waals surface area contributed by atoms with Gasteiger partial charge < -0.3 is 24.8 Å². The average molecular weight is 856 g/mol. The van der Waals surface area contributed by atoms with Crippen LogP contribution in [0, 0.1) is 11.8 Å². The van der Waals surface area contributed by atoms with Crippen LogP contribution in [0.5, 0.6) is 23.0 Å². The summed E-state index contributed by atoms with van der Waals surface area (Å²) in [6.45, 7) is 24.9. The summed E-state index contributed by atoms with van der Waals surface area (Å²) in [7, 11) is -3.67. The van der Waals surface area contributed by atoms with Crippen molar-refractivity contribution < 1.29 is 37.7 Å². The topological polar surface area (TPSA) is 79.2 Å². The van der Waals surface area contributed by atoms with Crippen LogP contribution in [0.4, 0.5) is 12.9 Å². The SMILES string of the molecule is C=C(C)[C@@H]1CCC(C)=C[C@H]1c1c(O)cc(CCCCC)cc1O.CCCCCc1cc(O)c2c(c1)OC(C)(C)[C@@H]1CCC(C)=C[C@@H]21.CCOCC.ClCCl.FB(F)F. The monoisotopic (exact) mass is 854 g/mol. The number of aryl methyl sites for hydroxylation is 2. The molecule has 0 unspecified atom stereocenters. The minimum atomic E-state index is -3.67. The zero-order chi connectivity index (χ0) is 44.0. The Labute approximate surface area is 359 Å². The fourth-order valence-corrected chi connectivity index (χ4v) is 8.16. The normalized spacial score (nSPS) is 19.8. The summed E-state index contributed by atoms with van der Waals surface area (Å²) in [6.07, 6.45) is 17.9. The Morgan fingerprint density at radius 2 is 1.21 bits per heavy atom. The summed E-state index contributed by atoms with van der Waals surface area (Å²) in [5, 5.41) is 32.0. The molecule has 2 aliphatic carbocycles. The number of benzene rings is 2. The van der Waals surface area contributed by atoms with Gasteiger partial charge in [0.05, 0.1) is 5.34 Å². The molecule has 2 aromatic rings. The molecule has 1 aliphatic heterocycles. The van der Waals surface area contributed by atoms with Gasteiger partial charge in [0.1, 0.15) is 28.6 Å². The maximum atomic E-state index is 10.7.